The molecule has 4 rings (SSSR count). The lowest BCUT2D eigenvalue weighted by Gasteiger charge is -2.04. The van der Waals surface area contributed by atoms with Crippen molar-refractivity contribution in [3.63, 3.8) is 0 Å². The summed E-state index contributed by atoms with van der Waals surface area (Å²) in [5.74, 6) is 0. The van der Waals surface area contributed by atoms with Gasteiger partial charge in [0.15, 0.2) is 0 Å². The minimum absolute atomic E-state index is 0.141. The fourth-order valence-corrected chi connectivity index (χ4v) is 4.80. The molecule has 0 radical (unpaired) electrons. The fourth-order valence-electron chi connectivity index (χ4n) is 3.58. The molecule has 0 bridgehead atoms. The van der Waals surface area contributed by atoms with E-state index < -0.39 is 20.2 Å². The van der Waals surface area contributed by atoms with Crippen LogP contribution in [-0.4, -0.2) is 25.9 Å². The second-order valence-corrected chi connectivity index (χ2v) is 10.8. The molecule has 0 saturated heterocycles. The molecule has 0 aliphatic carbocycles. The Kier molecular flexibility index (Phi) is 7.32. The zero-order valence-electron chi connectivity index (χ0n) is 18.9. The highest BCUT2D eigenvalue weighted by molar-refractivity contribution is 7.86. The zero-order valence-corrected chi connectivity index (χ0v) is 20.5. The van der Waals surface area contributed by atoms with Crippen LogP contribution in [0, 0.1) is 0 Å². The van der Waals surface area contributed by atoms with Crippen LogP contribution in [0.3, 0.4) is 0 Å². The SMILES string of the molecule is O=S(=O)(O)c1cccc(C=Cc2ccc(-c3ccc(C=Cc4ccccc4S(=O)(=O)O)cc3)cc2)c1. The highest BCUT2D eigenvalue weighted by Gasteiger charge is 2.12. The number of hydrogen-bond donors (Lipinski definition) is 2. The molecule has 0 aromatic heterocycles. The minimum Gasteiger partial charge on any atom is -0.282 e. The summed E-state index contributed by atoms with van der Waals surface area (Å²) in [4.78, 5) is -0.293. The van der Waals surface area contributed by atoms with Crippen molar-refractivity contribution >= 4 is 44.5 Å². The van der Waals surface area contributed by atoms with Gasteiger partial charge >= 0.3 is 0 Å². The lowest BCUT2D eigenvalue weighted by Crippen LogP contribution is -2.00. The van der Waals surface area contributed by atoms with Crippen LogP contribution in [0.15, 0.2) is 107 Å². The van der Waals surface area contributed by atoms with E-state index in [1.54, 1.807) is 48.6 Å². The molecular weight excluding hydrogens is 496 g/mol. The third-order valence-electron chi connectivity index (χ3n) is 5.43. The Morgan fingerprint density at radius 2 is 1.03 bits per heavy atom. The van der Waals surface area contributed by atoms with E-state index in [2.05, 4.69) is 0 Å². The molecule has 0 amide bonds. The number of rotatable bonds is 7. The van der Waals surface area contributed by atoms with E-state index in [0.717, 1.165) is 22.3 Å². The van der Waals surface area contributed by atoms with Crippen molar-refractivity contribution in [2.45, 2.75) is 9.79 Å². The monoisotopic (exact) mass is 518 g/mol. The molecule has 8 heteroatoms. The van der Waals surface area contributed by atoms with Gasteiger partial charge < -0.3 is 0 Å². The van der Waals surface area contributed by atoms with Gasteiger partial charge in [-0.25, -0.2) is 0 Å². The zero-order chi connectivity index (χ0) is 25.8. The van der Waals surface area contributed by atoms with Gasteiger partial charge in [-0.05, 0) is 51.6 Å². The van der Waals surface area contributed by atoms with Crippen molar-refractivity contribution in [2.75, 3.05) is 0 Å². The summed E-state index contributed by atoms with van der Waals surface area (Å²) in [6, 6.07) is 27.9. The molecular formula is C28H22O6S2. The first-order chi connectivity index (χ1) is 17.1. The quantitative estimate of drug-likeness (QED) is 0.223. The van der Waals surface area contributed by atoms with Gasteiger partial charge in [0.1, 0.15) is 4.90 Å². The Morgan fingerprint density at radius 1 is 0.500 bits per heavy atom. The molecule has 4 aromatic rings. The summed E-state index contributed by atoms with van der Waals surface area (Å²) >= 11 is 0. The van der Waals surface area contributed by atoms with Gasteiger partial charge in [-0.3, -0.25) is 9.11 Å². The van der Waals surface area contributed by atoms with Crippen LogP contribution in [0.25, 0.3) is 35.4 Å². The van der Waals surface area contributed by atoms with Gasteiger partial charge in [-0.15, -0.1) is 0 Å². The molecule has 0 atom stereocenters. The Hall–Kier alpha value is -3.82. The van der Waals surface area contributed by atoms with E-state index in [9.17, 15) is 25.9 Å². The molecule has 0 aliphatic rings. The standard InChI is InChI=1S/C28H22O6S2/c29-35(30,31)27-6-3-4-23(20-27)9-8-21-10-15-24(16-11-21)25-17-12-22(13-18-25)14-19-26-5-1-2-7-28(26)36(32,33)34/h1-20H,(H,29,30,31)(H,32,33,34). The molecule has 0 spiro atoms. The summed E-state index contributed by atoms with van der Waals surface area (Å²) in [5.41, 5.74) is 4.85. The Balaban J connectivity index is 1.47. The molecule has 4 aromatic carbocycles. The second kappa shape index (κ2) is 10.4. The van der Waals surface area contributed by atoms with E-state index in [1.165, 1.54) is 18.2 Å². The third kappa shape index (κ3) is 6.44. The smallest absolute Gasteiger partial charge is 0.282 e. The van der Waals surface area contributed by atoms with E-state index in [1.807, 2.05) is 54.6 Å². The van der Waals surface area contributed by atoms with Gasteiger partial charge in [0.25, 0.3) is 20.2 Å². The van der Waals surface area contributed by atoms with E-state index in [0.29, 0.717) is 11.1 Å². The highest BCUT2D eigenvalue weighted by Crippen LogP contribution is 2.23. The largest absolute Gasteiger partial charge is 0.295 e. The third-order valence-corrected chi connectivity index (χ3v) is 7.21. The van der Waals surface area contributed by atoms with Gasteiger partial charge in [-0.1, -0.05) is 103 Å². The highest BCUT2D eigenvalue weighted by atomic mass is 32.2. The first kappa shape index (κ1) is 25.3. The van der Waals surface area contributed by atoms with Gasteiger partial charge in [0.05, 0.1) is 4.90 Å². The Morgan fingerprint density at radius 3 is 1.58 bits per heavy atom. The average molecular weight is 519 g/mol. The van der Waals surface area contributed by atoms with Crippen molar-refractivity contribution in [1.82, 2.24) is 0 Å². The van der Waals surface area contributed by atoms with Crippen LogP contribution >= 0.6 is 0 Å². The van der Waals surface area contributed by atoms with Crippen molar-refractivity contribution in [2.24, 2.45) is 0 Å². The molecule has 2 N–H and O–H groups in total. The van der Waals surface area contributed by atoms with Gasteiger partial charge in [0.2, 0.25) is 0 Å². The van der Waals surface area contributed by atoms with Crippen molar-refractivity contribution in [3.05, 3.63) is 119 Å². The Labute approximate surface area is 210 Å². The summed E-state index contributed by atoms with van der Waals surface area (Å²) < 4.78 is 64.3. The maximum Gasteiger partial charge on any atom is 0.295 e. The van der Waals surface area contributed by atoms with Gasteiger partial charge in [0, 0.05) is 0 Å². The van der Waals surface area contributed by atoms with Crippen molar-refractivity contribution in [3.8, 4) is 11.1 Å². The van der Waals surface area contributed by atoms with E-state index >= 15 is 0 Å². The van der Waals surface area contributed by atoms with Crippen LogP contribution in [0.1, 0.15) is 22.3 Å². The molecule has 182 valence electrons. The summed E-state index contributed by atoms with van der Waals surface area (Å²) in [5, 5.41) is 0. The van der Waals surface area contributed by atoms with Crippen LogP contribution in [0.5, 0.6) is 0 Å². The molecule has 0 saturated carbocycles. The normalized spacial score (nSPS) is 12.4. The molecule has 0 fully saturated rings. The Bertz CT molecular complexity index is 1650. The molecule has 36 heavy (non-hydrogen) atoms. The molecule has 6 nitrogen and oxygen atoms in total. The van der Waals surface area contributed by atoms with Crippen molar-refractivity contribution < 1.29 is 25.9 Å². The average Bonchev–Trinajstić information content (AvgIpc) is 2.86. The van der Waals surface area contributed by atoms with E-state index in [4.69, 9.17) is 0 Å². The lowest BCUT2D eigenvalue weighted by atomic mass is 10.0. The van der Waals surface area contributed by atoms with Gasteiger partial charge in [-0.2, -0.15) is 16.8 Å². The second-order valence-electron chi connectivity index (χ2n) is 7.97. The van der Waals surface area contributed by atoms with Crippen LogP contribution in [-0.2, 0) is 20.2 Å². The fraction of sp³-hybridized carbons (Fsp3) is 0. The van der Waals surface area contributed by atoms with Crippen LogP contribution in [0.4, 0.5) is 0 Å². The van der Waals surface area contributed by atoms with Crippen LogP contribution in [0.2, 0.25) is 0 Å². The van der Waals surface area contributed by atoms with Crippen molar-refractivity contribution in [1.29, 1.82) is 0 Å². The molecule has 0 unspecified atom stereocenters. The summed E-state index contributed by atoms with van der Waals surface area (Å²) in [7, 11) is -8.55. The number of hydrogen-bond acceptors (Lipinski definition) is 4. The van der Waals surface area contributed by atoms with Crippen LogP contribution < -0.4 is 0 Å². The predicted molar refractivity (Wildman–Crippen MR) is 142 cm³/mol. The molecule has 0 aliphatic heterocycles. The minimum atomic E-state index is -4.30. The topological polar surface area (TPSA) is 109 Å². The lowest BCUT2D eigenvalue weighted by molar-refractivity contribution is 0.481. The number of benzene rings is 4. The summed E-state index contributed by atoms with van der Waals surface area (Å²) in [6.07, 6.45) is 7.04. The molecule has 0 heterocycles. The maximum atomic E-state index is 11.5. The van der Waals surface area contributed by atoms with E-state index in [-0.39, 0.29) is 9.79 Å². The maximum absolute atomic E-state index is 11.5. The summed E-state index contributed by atoms with van der Waals surface area (Å²) in [6.45, 7) is 0. The first-order valence-corrected chi connectivity index (χ1v) is 13.7. The first-order valence-electron chi connectivity index (χ1n) is 10.8. The predicted octanol–water partition coefficient (Wildman–Crippen LogP) is 6.19.